The number of hydrogen-bond donors (Lipinski definition) is 0. The molecule has 0 amide bonds. The molecule has 3 nitrogen and oxygen atoms in total. The molecule has 0 aliphatic carbocycles. The second-order valence-corrected chi connectivity index (χ2v) is 18.0. The van der Waals surface area contributed by atoms with E-state index < -0.39 is 0 Å². The molecule has 0 N–H and O–H groups in total. The van der Waals surface area contributed by atoms with E-state index in [1.807, 2.05) is 11.3 Å². The fraction of sp³-hybridized carbons (Fsp3) is 0. The Morgan fingerprint density at radius 2 is 1.02 bits per heavy atom. The molecule has 0 fully saturated rings. The van der Waals surface area contributed by atoms with Crippen LogP contribution in [0.1, 0.15) is 0 Å². The highest BCUT2D eigenvalue weighted by Gasteiger charge is 2.20. The highest BCUT2D eigenvalue weighted by Crippen LogP contribution is 2.46. The second-order valence-electron chi connectivity index (χ2n) is 16.2. The molecule has 13 aromatic rings. The molecular weight excluding hydrogens is 851 g/mol. The van der Waals surface area contributed by atoms with Gasteiger partial charge in [0.05, 0.1) is 27.1 Å². The van der Waals surface area contributed by atoms with E-state index in [0.29, 0.717) is 5.82 Å². The highest BCUT2D eigenvalue weighted by molar-refractivity contribution is 9.10. The van der Waals surface area contributed by atoms with Crippen molar-refractivity contribution in [3.8, 4) is 49.9 Å². The molecule has 3 aromatic heterocycles. The van der Waals surface area contributed by atoms with Crippen molar-refractivity contribution in [2.24, 2.45) is 0 Å². The zero-order valence-corrected chi connectivity index (χ0v) is 36.2. The predicted molar refractivity (Wildman–Crippen MR) is 271 cm³/mol. The summed E-state index contributed by atoms with van der Waals surface area (Å²) in [5.74, 6) is 0.707. The molecule has 0 unspecified atom stereocenters. The Bertz CT molecular complexity index is 3970. The van der Waals surface area contributed by atoms with Crippen molar-refractivity contribution in [1.82, 2.24) is 14.5 Å². The van der Waals surface area contributed by atoms with Crippen LogP contribution in [0.3, 0.4) is 0 Å². The van der Waals surface area contributed by atoms with Gasteiger partial charge in [0.2, 0.25) is 0 Å². The SMILES string of the molecule is Brc1c(-c2cccc3ccccc23)sc2ccc(-c3ccc4c(c3)c3ccccc3n4-c3ccc(-c4nc(-c5ccccc5)c5c6ccccc6c6ccccc6c5n4)cc3)cc12. The number of hydrogen-bond acceptors (Lipinski definition) is 3. The van der Waals surface area contributed by atoms with Gasteiger partial charge in [-0.25, -0.2) is 9.97 Å². The van der Waals surface area contributed by atoms with Gasteiger partial charge < -0.3 is 4.57 Å². The van der Waals surface area contributed by atoms with Gasteiger partial charge in [-0.2, -0.15) is 0 Å². The average Bonchev–Trinajstić information content (AvgIpc) is 3.87. The van der Waals surface area contributed by atoms with E-state index in [-0.39, 0.29) is 0 Å². The maximum absolute atomic E-state index is 5.37. The first kappa shape index (κ1) is 36.2. The maximum Gasteiger partial charge on any atom is 0.160 e. The van der Waals surface area contributed by atoms with Crippen molar-refractivity contribution < 1.29 is 0 Å². The predicted octanol–water partition coefficient (Wildman–Crippen LogP) is 16.8. The lowest BCUT2D eigenvalue weighted by Gasteiger charge is -2.15. The topological polar surface area (TPSA) is 30.7 Å². The molecule has 0 aliphatic heterocycles. The van der Waals surface area contributed by atoms with E-state index in [0.717, 1.165) is 54.2 Å². The van der Waals surface area contributed by atoms with E-state index >= 15 is 0 Å². The van der Waals surface area contributed by atoms with Gasteiger partial charge in [-0.15, -0.1) is 11.3 Å². The van der Waals surface area contributed by atoms with Crippen LogP contribution in [-0.4, -0.2) is 14.5 Å². The number of aromatic nitrogens is 3. The minimum absolute atomic E-state index is 0.707. The zero-order valence-electron chi connectivity index (χ0n) is 33.8. The Balaban J connectivity index is 0.922. The van der Waals surface area contributed by atoms with Crippen molar-refractivity contribution >= 4 is 102 Å². The summed E-state index contributed by atoms with van der Waals surface area (Å²) >= 11 is 5.89. The van der Waals surface area contributed by atoms with Gasteiger partial charge in [0.15, 0.2) is 5.82 Å². The fourth-order valence-corrected chi connectivity index (χ4v) is 11.8. The quantitative estimate of drug-likeness (QED) is 0.161. The van der Waals surface area contributed by atoms with Gasteiger partial charge in [0.1, 0.15) is 0 Å². The van der Waals surface area contributed by atoms with Crippen molar-refractivity contribution in [3.63, 3.8) is 0 Å². The summed E-state index contributed by atoms with van der Waals surface area (Å²) in [7, 11) is 0. The molecule has 0 atom stereocenters. The highest BCUT2D eigenvalue weighted by atomic mass is 79.9. The van der Waals surface area contributed by atoms with Crippen LogP contribution >= 0.6 is 27.3 Å². The first-order valence-corrected chi connectivity index (χ1v) is 22.8. The molecule has 5 heteroatoms. The number of para-hydroxylation sites is 1. The van der Waals surface area contributed by atoms with Crippen LogP contribution in [0.5, 0.6) is 0 Å². The minimum Gasteiger partial charge on any atom is -0.309 e. The van der Waals surface area contributed by atoms with Crippen LogP contribution in [0.2, 0.25) is 0 Å². The van der Waals surface area contributed by atoms with Crippen molar-refractivity contribution in [2.75, 3.05) is 0 Å². The molecular formula is C58H34BrN3S. The zero-order chi connectivity index (χ0) is 41.6. The molecule has 294 valence electrons. The molecule has 0 bridgehead atoms. The molecule has 0 spiro atoms. The van der Waals surface area contributed by atoms with Crippen LogP contribution in [0, 0.1) is 0 Å². The van der Waals surface area contributed by atoms with Crippen LogP contribution < -0.4 is 0 Å². The Morgan fingerprint density at radius 3 is 1.83 bits per heavy atom. The number of rotatable bonds is 5. The van der Waals surface area contributed by atoms with Crippen LogP contribution in [0.15, 0.2) is 211 Å². The van der Waals surface area contributed by atoms with Gasteiger partial charge in [-0.3, -0.25) is 0 Å². The lowest BCUT2D eigenvalue weighted by Crippen LogP contribution is -1.98. The number of fused-ring (bicyclic) bond motifs is 11. The van der Waals surface area contributed by atoms with E-state index in [2.05, 4.69) is 227 Å². The fourth-order valence-electron chi connectivity index (χ4n) is 9.74. The third-order valence-electron chi connectivity index (χ3n) is 12.7. The van der Waals surface area contributed by atoms with E-state index in [9.17, 15) is 0 Å². The Kier molecular flexibility index (Phi) is 8.23. The van der Waals surface area contributed by atoms with E-state index in [1.165, 1.54) is 69.5 Å². The molecule has 63 heavy (non-hydrogen) atoms. The normalized spacial score (nSPS) is 11.9. The smallest absolute Gasteiger partial charge is 0.160 e. The summed E-state index contributed by atoms with van der Waals surface area (Å²) < 4.78 is 4.79. The Hall–Kier alpha value is -7.44. The third kappa shape index (κ3) is 5.70. The lowest BCUT2D eigenvalue weighted by atomic mass is 9.94. The van der Waals surface area contributed by atoms with Crippen LogP contribution in [0.25, 0.3) is 125 Å². The van der Waals surface area contributed by atoms with E-state index in [1.54, 1.807) is 0 Å². The van der Waals surface area contributed by atoms with E-state index in [4.69, 9.17) is 9.97 Å². The summed E-state index contributed by atoms with van der Waals surface area (Å²) in [5, 5.41) is 12.0. The van der Waals surface area contributed by atoms with Gasteiger partial charge in [0, 0.05) is 58.5 Å². The standard InChI is InChI=1S/C58H34BrN3S/c59-54-49-34-39(28-32-52(49)63-57(54)47-23-12-16-35-13-4-5-17-41(35)47)38-27-31-51-48(33-38)44-20-10-11-24-50(44)62(51)40-29-25-37(26-30-40)58-60-55(36-14-2-1-3-15-36)53-45-21-8-6-18-42(45)43-19-7-9-22-46(43)56(53)61-58/h1-34H. The molecule has 0 radical (unpaired) electrons. The lowest BCUT2D eigenvalue weighted by molar-refractivity contribution is 1.17. The van der Waals surface area contributed by atoms with Crippen molar-refractivity contribution in [1.29, 1.82) is 0 Å². The number of nitrogens with zero attached hydrogens (tertiary/aromatic N) is 3. The Morgan fingerprint density at radius 1 is 0.413 bits per heavy atom. The van der Waals surface area contributed by atoms with Crippen molar-refractivity contribution in [2.45, 2.75) is 0 Å². The van der Waals surface area contributed by atoms with Crippen LogP contribution in [0.4, 0.5) is 0 Å². The first-order valence-electron chi connectivity index (χ1n) is 21.2. The van der Waals surface area contributed by atoms with Gasteiger partial charge in [-0.1, -0.05) is 152 Å². The molecule has 10 aromatic carbocycles. The van der Waals surface area contributed by atoms with Crippen LogP contribution in [-0.2, 0) is 0 Å². The molecule has 3 heterocycles. The molecule has 0 aliphatic rings. The summed E-state index contributed by atoms with van der Waals surface area (Å²) in [6.45, 7) is 0. The summed E-state index contributed by atoms with van der Waals surface area (Å²) in [6.07, 6.45) is 0. The summed E-state index contributed by atoms with van der Waals surface area (Å²) in [6, 6.07) is 74.2. The first-order chi connectivity index (χ1) is 31.2. The Labute approximate surface area is 375 Å². The summed E-state index contributed by atoms with van der Waals surface area (Å²) in [4.78, 5) is 12.0. The molecule has 0 saturated heterocycles. The number of benzene rings is 10. The summed E-state index contributed by atoms with van der Waals surface area (Å²) in [5.41, 5.74) is 11.0. The third-order valence-corrected chi connectivity index (χ3v) is 15.0. The van der Waals surface area contributed by atoms with Crippen molar-refractivity contribution in [3.05, 3.63) is 211 Å². The van der Waals surface area contributed by atoms with Gasteiger partial charge in [0.25, 0.3) is 0 Å². The number of thiophene rings is 1. The second kappa shape index (κ2) is 14.3. The maximum atomic E-state index is 5.37. The molecule has 13 rings (SSSR count). The van der Waals surface area contributed by atoms with Gasteiger partial charge >= 0.3 is 0 Å². The largest absolute Gasteiger partial charge is 0.309 e. The molecule has 0 saturated carbocycles. The minimum atomic E-state index is 0.707. The average molecular weight is 885 g/mol. The van der Waals surface area contributed by atoms with Gasteiger partial charge in [-0.05, 0) is 109 Å². The number of halogens is 1. The monoisotopic (exact) mass is 883 g/mol.